The minimum Gasteiger partial charge on any atom is -0.486 e. The minimum atomic E-state index is -0.595. The Morgan fingerprint density at radius 3 is 2.68 bits per heavy atom. The highest BCUT2D eigenvalue weighted by Gasteiger charge is 2.26. The maximum atomic E-state index is 12.6. The molecule has 142 valence electrons. The number of para-hydroxylation sites is 1. The van der Waals surface area contributed by atoms with Crippen molar-refractivity contribution in [2.24, 2.45) is 0 Å². The van der Waals surface area contributed by atoms with Crippen LogP contribution in [0.1, 0.15) is 15.9 Å². The number of pyridine rings is 1. The predicted molar refractivity (Wildman–Crippen MR) is 102 cm³/mol. The number of benzene rings is 2. The summed E-state index contributed by atoms with van der Waals surface area (Å²) in [7, 11) is 0. The summed E-state index contributed by atoms with van der Waals surface area (Å²) in [6, 6.07) is 12.3. The maximum absolute atomic E-state index is 12.6. The lowest BCUT2D eigenvalue weighted by Crippen LogP contribution is -2.27. The van der Waals surface area contributed by atoms with Gasteiger partial charge in [-0.05, 0) is 18.1 Å². The van der Waals surface area contributed by atoms with E-state index in [-0.39, 0.29) is 17.0 Å². The Morgan fingerprint density at radius 1 is 1.14 bits per heavy atom. The van der Waals surface area contributed by atoms with Crippen molar-refractivity contribution in [1.82, 2.24) is 10.3 Å². The fourth-order valence-electron chi connectivity index (χ4n) is 3.19. The highest BCUT2D eigenvalue weighted by atomic mass is 16.6. The molecule has 2 aromatic carbocycles. The number of hydrogen-bond acceptors (Lipinski definition) is 6. The van der Waals surface area contributed by atoms with Crippen LogP contribution >= 0.6 is 0 Å². The summed E-state index contributed by atoms with van der Waals surface area (Å²) in [5, 5.41) is 15.1. The highest BCUT2D eigenvalue weighted by molar-refractivity contribution is 5.99. The molecule has 0 fully saturated rings. The molecular formula is C20H17N3O5. The molecule has 1 aromatic heterocycles. The van der Waals surface area contributed by atoms with Gasteiger partial charge in [-0.3, -0.25) is 19.9 Å². The minimum absolute atomic E-state index is 0.0507. The molecule has 0 bridgehead atoms. The first-order valence-corrected chi connectivity index (χ1v) is 8.82. The Kier molecular flexibility index (Phi) is 4.76. The summed E-state index contributed by atoms with van der Waals surface area (Å²) in [6.07, 6.45) is 2.28. The number of amides is 1. The fourth-order valence-corrected chi connectivity index (χ4v) is 3.19. The van der Waals surface area contributed by atoms with Gasteiger partial charge in [0.1, 0.15) is 18.8 Å². The SMILES string of the molecule is O=C(NCCc1cccc2cccnc12)c1cc2c(cc1[N+](=O)[O-])OCCO2. The lowest BCUT2D eigenvalue weighted by Gasteiger charge is -2.18. The Balaban J connectivity index is 1.51. The quantitative estimate of drug-likeness (QED) is 0.540. The van der Waals surface area contributed by atoms with Crippen LogP contribution in [-0.2, 0) is 6.42 Å². The number of nitro benzene ring substituents is 1. The molecule has 8 nitrogen and oxygen atoms in total. The van der Waals surface area contributed by atoms with Gasteiger partial charge in [0.05, 0.1) is 16.5 Å². The van der Waals surface area contributed by atoms with E-state index < -0.39 is 10.8 Å². The average Bonchev–Trinajstić information content (AvgIpc) is 2.72. The van der Waals surface area contributed by atoms with Gasteiger partial charge in [-0.2, -0.15) is 0 Å². The average molecular weight is 379 g/mol. The molecule has 1 N–H and O–H groups in total. The second kappa shape index (κ2) is 7.51. The van der Waals surface area contributed by atoms with Crippen molar-refractivity contribution in [2.75, 3.05) is 19.8 Å². The maximum Gasteiger partial charge on any atom is 0.286 e. The van der Waals surface area contributed by atoms with Gasteiger partial charge in [0.25, 0.3) is 11.6 Å². The van der Waals surface area contributed by atoms with Gasteiger partial charge in [0, 0.05) is 24.2 Å². The van der Waals surface area contributed by atoms with E-state index >= 15 is 0 Å². The zero-order valence-corrected chi connectivity index (χ0v) is 14.9. The third kappa shape index (κ3) is 3.44. The van der Waals surface area contributed by atoms with Gasteiger partial charge in [-0.15, -0.1) is 0 Å². The van der Waals surface area contributed by atoms with E-state index in [9.17, 15) is 14.9 Å². The second-order valence-electron chi connectivity index (χ2n) is 6.27. The standard InChI is InChI=1S/C20H17N3O5/c24-20(15-11-17-18(28-10-9-27-17)12-16(15)23(25)26)22-8-6-14-4-1-3-13-5-2-7-21-19(13)14/h1-5,7,11-12H,6,8-10H2,(H,22,24). The number of rotatable bonds is 5. The van der Waals surface area contributed by atoms with Crippen LogP contribution < -0.4 is 14.8 Å². The van der Waals surface area contributed by atoms with Crippen LogP contribution in [0.4, 0.5) is 5.69 Å². The number of hydrogen-bond donors (Lipinski definition) is 1. The number of nitro groups is 1. The molecule has 2 heterocycles. The molecule has 0 saturated carbocycles. The summed E-state index contributed by atoms with van der Waals surface area (Å²) < 4.78 is 10.8. The Bertz CT molecular complexity index is 1060. The normalized spacial score (nSPS) is 12.6. The number of fused-ring (bicyclic) bond motifs is 2. The number of nitrogens with one attached hydrogen (secondary N) is 1. The van der Waals surface area contributed by atoms with Crippen LogP contribution in [0.2, 0.25) is 0 Å². The summed E-state index contributed by atoms with van der Waals surface area (Å²) in [5.41, 5.74) is 1.51. The third-order valence-electron chi connectivity index (χ3n) is 4.50. The van der Waals surface area contributed by atoms with Crippen molar-refractivity contribution in [3.8, 4) is 11.5 Å². The first kappa shape index (κ1) is 17.7. The molecule has 0 unspecified atom stereocenters. The van der Waals surface area contributed by atoms with Crippen molar-refractivity contribution in [1.29, 1.82) is 0 Å². The van der Waals surface area contributed by atoms with Gasteiger partial charge < -0.3 is 14.8 Å². The molecule has 8 heteroatoms. The fraction of sp³-hybridized carbons (Fsp3) is 0.200. The van der Waals surface area contributed by atoms with Gasteiger partial charge in [-0.1, -0.05) is 24.3 Å². The van der Waals surface area contributed by atoms with Gasteiger partial charge in [-0.25, -0.2) is 0 Å². The van der Waals surface area contributed by atoms with Crippen molar-refractivity contribution < 1.29 is 19.2 Å². The Morgan fingerprint density at radius 2 is 1.89 bits per heavy atom. The molecule has 0 atom stereocenters. The van der Waals surface area contributed by atoms with Crippen LogP contribution in [0.15, 0.2) is 48.7 Å². The number of carbonyl (C=O) groups excluding carboxylic acids is 1. The smallest absolute Gasteiger partial charge is 0.286 e. The Labute approximate surface area is 160 Å². The van der Waals surface area contributed by atoms with Crippen molar-refractivity contribution in [3.63, 3.8) is 0 Å². The lowest BCUT2D eigenvalue weighted by molar-refractivity contribution is -0.385. The van der Waals surface area contributed by atoms with E-state index in [1.807, 2.05) is 30.3 Å². The highest BCUT2D eigenvalue weighted by Crippen LogP contribution is 2.36. The van der Waals surface area contributed by atoms with Gasteiger partial charge in [0.2, 0.25) is 0 Å². The molecule has 0 spiro atoms. The van der Waals surface area contributed by atoms with E-state index in [1.54, 1.807) is 6.20 Å². The summed E-state index contributed by atoms with van der Waals surface area (Å²) in [5.74, 6) is 0.0773. The van der Waals surface area contributed by atoms with Gasteiger partial charge in [0.15, 0.2) is 11.5 Å². The van der Waals surface area contributed by atoms with Crippen LogP contribution in [0.25, 0.3) is 10.9 Å². The molecule has 0 radical (unpaired) electrons. The molecule has 0 aliphatic carbocycles. The number of carbonyl (C=O) groups is 1. The summed E-state index contributed by atoms with van der Waals surface area (Å²) in [4.78, 5) is 27.8. The van der Waals surface area contributed by atoms with Crippen molar-refractivity contribution in [2.45, 2.75) is 6.42 Å². The molecule has 3 aromatic rings. The molecular weight excluding hydrogens is 362 g/mol. The monoisotopic (exact) mass is 379 g/mol. The molecule has 1 aliphatic heterocycles. The summed E-state index contributed by atoms with van der Waals surface area (Å²) >= 11 is 0. The summed E-state index contributed by atoms with van der Waals surface area (Å²) in [6.45, 7) is 0.967. The first-order valence-electron chi connectivity index (χ1n) is 8.82. The zero-order chi connectivity index (χ0) is 19.5. The van der Waals surface area contributed by atoms with E-state index in [0.717, 1.165) is 16.5 Å². The van der Waals surface area contributed by atoms with Crippen LogP contribution in [0.3, 0.4) is 0 Å². The molecule has 1 amide bonds. The largest absolute Gasteiger partial charge is 0.486 e. The van der Waals surface area contributed by atoms with E-state index in [0.29, 0.717) is 31.9 Å². The molecule has 4 rings (SSSR count). The number of ether oxygens (including phenoxy) is 2. The van der Waals surface area contributed by atoms with E-state index in [4.69, 9.17) is 9.47 Å². The van der Waals surface area contributed by atoms with Crippen molar-refractivity contribution >= 4 is 22.5 Å². The topological polar surface area (TPSA) is 104 Å². The van der Waals surface area contributed by atoms with Crippen LogP contribution in [0, 0.1) is 10.1 Å². The lowest BCUT2D eigenvalue weighted by atomic mass is 10.1. The van der Waals surface area contributed by atoms with Gasteiger partial charge >= 0.3 is 0 Å². The zero-order valence-electron chi connectivity index (χ0n) is 14.9. The van der Waals surface area contributed by atoms with Crippen LogP contribution in [-0.4, -0.2) is 35.6 Å². The first-order chi connectivity index (χ1) is 13.6. The van der Waals surface area contributed by atoms with Crippen molar-refractivity contribution in [3.05, 3.63) is 69.9 Å². The molecule has 0 saturated heterocycles. The number of aromatic nitrogens is 1. The molecule has 1 aliphatic rings. The van der Waals surface area contributed by atoms with E-state index in [2.05, 4.69) is 10.3 Å². The number of nitrogens with zero attached hydrogens (tertiary/aromatic N) is 2. The Hall–Kier alpha value is -3.68. The second-order valence-corrected chi connectivity index (χ2v) is 6.27. The molecule has 28 heavy (non-hydrogen) atoms. The predicted octanol–water partition coefficient (Wildman–Crippen LogP) is 2.89. The van der Waals surface area contributed by atoms with E-state index in [1.165, 1.54) is 12.1 Å². The van der Waals surface area contributed by atoms with Crippen LogP contribution in [0.5, 0.6) is 11.5 Å². The third-order valence-corrected chi connectivity index (χ3v) is 4.50.